The standard InChI is InChI=1S/C22H25N7O/c1-16-13-20(26-19-8-3-5-11-23-19)27-22(25-16)18-7-4-6-12-29(18)21(30)10-9-17-14-24-28(2)15-17/h3,5,8-11,13-15,18H,4,6-7,12H2,1-2H3,(H,23,25,26,27)/b10-9+. The zero-order valence-corrected chi connectivity index (χ0v) is 17.2. The van der Waals surface area contributed by atoms with E-state index in [1.807, 2.05) is 49.3 Å². The van der Waals surface area contributed by atoms with E-state index in [1.54, 1.807) is 29.2 Å². The van der Waals surface area contributed by atoms with E-state index in [0.717, 1.165) is 36.3 Å². The zero-order valence-electron chi connectivity index (χ0n) is 17.2. The highest BCUT2D eigenvalue weighted by Gasteiger charge is 2.29. The fourth-order valence-corrected chi connectivity index (χ4v) is 3.63. The molecule has 1 aliphatic rings. The summed E-state index contributed by atoms with van der Waals surface area (Å²) in [7, 11) is 1.85. The van der Waals surface area contributed by atoms with Gasteiger partial charge in [0, 0.05) is 49.4 Å². The Morgan fingerprint density at radius 3 is 2.90 bits per heavy atom. The average molecular weight is 403 g/mol. The number of carbonyl (C=O) groups excluding carboxylic acids is 1. The number of hydrogen-bond donors (Lipinski definition) is 1. The number of pyridine rings is 1. The van der Waals surface area contributed by atoms with Crippen LogP contribution >= 0.6 is 0 Å². The second-order valence-electron chi connectivity index (χ2n) is 7.42. The summed E-state index contributed by atoms with van der Waals surface area (Å²) in [6, 6.07) is 7.41. The highest BCUT2D eigenvalue weighted by Crippen LogP contribution is 2.30. The Morgan fingerprint density at radius 2 is 2.13 bits per heavy atom. The van der Waals surface area contributed by atoms with Gasteiger partial charge in [0.1, 0.15) is 11.6 Å². The Kier molecular flexibility index (Phi) is 5.83. The zero-order chi connectivity index (χ0) is 20.9. The van der Waals surface area contributed by atoms with Crippen molar-refractivity contribution in [2.24, 2.45) is 7.05 Å². The van der Waals surface area contributed by atoms with Crippen LogP contribution in [0.4, 0.5) is 11.6 Å². The largest absolute Gasteiger partial charge is 0.329 e. The molecule has 1 aliphatic heterocycles. The molecule has 1 atom stereocenters. The first-order chi connectivity index (χ1) is 14.6. The highest BCUT2D eigenvalue weighted by molar-refractivity contribution is 5.92. The molecule has 30 heavy (non-hydrogen) atoms. The summed E-state index contributed by atoms with van der Waals surface area (Å²) in [6.45, 7) is 2.63. The molecule has 4 rings (SSSR count). The number of carbonyl (C=O) groups is 1. The number of anilines is 2. The maximum Gasteiger partial charge on any atom is 0.247 e. The molecule has 3 aromatic rings. The van der Waals surface area contributed by atoms with Crippen LogP contribution in [0.25, 0.3) is 6.08 Å². The van der Waals surface area contributed by atoms with Crippen LogP contribution in [0, 0.1) is 6.92 Å². The number of piperidine rings is 1. The third-order valence-electron chi connectivity index (χ3n) is 5.02. The van der Waals surface area contributed by atoms with Crippen molar-refractivity contribution in [2.75, 3.05) is 11.9 Å². The lowest BCUT2D eigenvalue weighted by Gasteiger charge is -2.34. The molecule has 0 spiro atoms. The second kappa shape index (κ2) is 8.86. The molecule has 0 saturated carbocycles. The van der Waals surface area contributed by atoms with Gasteiger partial charge in [-0.15, -0.1) is 0 Å². The van der Waals surface area contributed by atoms with Gasteiger partial charge in [0.15, 0.2) is 5.82 Å². The molecule has 154 valence electrons. The molecule has 0 aliphatic carbocycles. The number of rotatable bonds is 5. The fourth-order valence-electron chi connectivity index (χ4n) is 3.63. The van der Waals surface area contributed by atoms with Crippen molar-refractivity contribution in [3.63, 3.8) is 0 Å². The molecule has 4 heterocycles. The summed E-state index contributed by atoms with van der Waals surface area (Å²) in [5.41, 5.74) is 1.75. The lowest BCUT2D eigenvalue weighted by Crippen LogP contribution is -2.38. The number of aromatic nitrogens is 5. The van der Waals surface area contributed by atoms with E-state index in [9.17, 15) is 4.79 Å². The van der Waals surface area contributed by atoms with Crippen LogP contribution in [0.2, 0.25) is 0 Å². The molecule has 1 saturated heterocycles. The molecule has 3 aromatic heterocycles. The third-order valence-corrected chi connectivity index (χ3v) is 5.02. The van der Waals surface area contributed by atoms with Crippen LogP contribution in [-0.2, 0) is 11.8 Å². The van der Waals surface area contributed by atoms with E-state index < -0.39 is 0 Å². The van der Waals surface area contributed by atoms with Gasteiger partial charge < -0.3 is 10.2 Å². The molecule has 1 fully saturated rings. The monoisotopic (exact) mass is 403 g/mol. The minimum absolute atomic E-state index is 0.0344. The highest BCUT2D eigenvalue weighted by atomic mass is 16.2. The van der Waals surface area contributed by atoms with E-state index in [-0.39, 0.29) is 11.9 Å². The Balaban J connectivity index is 1.56. The fraction of sp³-hybridized carbons (Fsp3) is 0.318. The second-order valence-corrected chi connectivity index (χ2v) is 7.42. The first-order valence-electron chi connectivity index (χ1n) is 10.1. The summed E-state index contributed by atoms with van der Waals surface area (Å²) >= 11 is 0. The molecular formula is C22H25N7O. The predicted octanol–water partition coefficient (Wildman–Crippen LogP) is 3.42. The molecular weight excluding hydrogens is 378 g/mol. The van der Waals surface area contributed by atoms with Crippen molar-refractivity contribution in [1.82, 2.24) is 29.6 Å². The van der Waals surface area contributed by atoms with Gasteiger partial charge in [-0.05, 0) is 44.4 Å². The minimum atomic E-state index is -0.144. The summed E-state index contributed by atoms with van der Waals surface area (Å²) in [4.78, 5) is 28.5. The summed E-state index contributed by atoms with van der Waals surface area (Å²) in [5, 5.41) is 7.36. The van der Waals surface area contributed by atoms with E-state index in [1.165, 1.54) is 0 Å². The molecule has 1 unspecified atom stereocenters. The van der Waals surface area contributed by atoms with Crippen molar-refractivity contribution >= 4 is 23.6 Å². The van der Waals surface area contributed by atoms with Crippen molar-refractivity contribution in [3.05, 3.63) is 66.0 Å². The summed E-state index contributed by atoms with van der Waals surface area (Å²) in [6.07, 6.45) is 11.6. The smallest absolute Gasteiger partial charge is 0.247 e. The van der Waals surface area contributed by atoms with Crippen LogP contribution in [0.15, 0.2) is 48.9 Å². The Labute approximate surface area is 175 Å². The number of hydrogen-bond acceptors (Lipinski definition) is 6. The van der Waals surface area contributed by atoms with Gasteiger partial charge in [-0.3, -0.25) is 9.48 Å². The van der Waals surface area contributed by atoms with Crippen LogP contribution < -0.4 is 5.32 Å². The van der Waals surface area contributed by atoms with Crippen molar-refractivity contribution in [2.45, 2.75) is 32.2 Å². The van der Waals surface area contributed by atoms with E-state index >= 15 is 0 Å². The maximum absolute atomic E-state index is 13.0. The average Bonchev–Trinajstić information content (AvgIpc) is 3.17. The van der Waals surface area contributed by atoms with Crippen LogP contribution in [0.5, 0.6) is 0 Å². The van der Waals surface area contributed by atoms with E-state index in [0.29, 0.717) is 18.2 Å². The summed E-state index contributed by atoms with van der Waals surface area (Å²) < 4.78 is 1.71. The number of nitrogens with zero attached hydrogens (tertiary/aromatic N) is 6. The first kappa shape index (κ1) is 19.8. The molecule has 0 aromatic carbocycles. The van der Waals surface area contributed by atoms with Crippen molar-refractivity contribution in [1.29, 1.82) is 0 Å². The van der Waals surface area contributed by atoms with E-state index in [4.69, 9.17) is 4.98 Å². The molecule has 0 bridgehead atoms. The van der Waals surface area contributed by atoms with Crippen molar-refractivity contribution in [3.8, 4) is 0 Å². The molecule has 8 nitrogen and oxygen atoms in total. The molecule has 0 radical (unpaired) electrons. The Morgan fingerprint density at radius 1 is 1.23 bits per heavy atom. The van der Waals surface area contributed by atoms with Gasteiger partial charge in [0.2, 0.25) is 5.91 Å². The number of amides is 1. The van der Waals surface area contributed by atoms with Crippen LogP contribution in [0.1, 0.15) is 42.4 Å². The number of aryl methyl sites for hydroxylation is 2. The predicted molar refractivity (Wildman–Crippen MR) is 115 cm³/mol. The topological polar surface area (TPSA) is 88.8 Å². The van der Waals surface area contributed by atoms with Crippen molar-refractivity contribution < 1.29 is 4.79 Å². The third kappa shape index (κ3) is 4.71. The van der Waals surface area contributed by atoms with Gasteiger partial charge in [0.05, 0.1) is 12.2 Å². The van der Waals surface area contributed by atoms with Gasteiger partial charge in [-0.25, -0.2) is 15.0 Å². The molecule has 8 heteroatoms. The number of likely N-dealkylation sites (tertiary alicyclic amines) is 1. The maximum atomic E-state index is 13.0. The normalized spacial score (nSPS) is 16.7. The van der Waals surface area contributed by atoms with Gasteiger partial charge in [-0.1, -0.05) is 6.07 Å². The van der Waals surface area contributed by atoms with Gasteiger partial charge >= 0.3 is 0 Å². The first-order valence-corrected chi connectivity index (χ1v) is 10.1. The van der Waals surface area contributed by atoms with Gasteiger partial charge in [-0.2, -0.15) is 5.10 Å². The lowest BCUT2D eigenvalue weighted by atomic mass is 10.0. The lowest BCUT2D eigenvalue weighted by molar-refractivity contribution is -0.129. The van der Waals surface area contributed by atoms with E-state index in [2.05, 4.69) is 20.4 Å². The Hall–Kier alpha value is -3.55. The van der Waals surface area contributed by atoms with Crippen LogP contribution in [-0.4, -0.2) is 42.1 Å². The number of nitrogens with one attached hydrogen (secondary N) is 1. The minimum Gasteiger partial charge on any atom is -0.329 e. The SMILES string of the molecule is Cc1cc(Nc2ccccn2)nc(C2CCCCN2C(=O)/C=C/c2cnn(C)c2)n1. The quantitative estimate of drug-likeness (QED) is 0.657. The van der Waals surface area contributed by atoms with Crippen LogP contribution in [0.3, 0.4) is 0 Å². The molecule has 1 N–H and O–H groups in total. The van der Waals surface area contributed by atoms with Gasteiger partial charge in [0.25, 0.3) is 0 Å². The molecule has 1 amide bonds. The Bertz CT molecular complexity index is 1040. The summed E-state index contributed by atoms with van der Waals surface area (Å²) in [5.74, 6) is 2.03.